The van der Waals surface area contributed by atoms with E-state index >= 15 is 0 Å². The Kier molecular flexibility index (Phi) is 7.11. The second-order valence-corrected chi connectivity index (χ2v) is 8.10. The van der Waals surface area contributed by atoms with Gasteiger partial charge in [0, 0.05) is 26.6 Å². The lowest BCUT2D eigenvalue weighted by Gasteiger charge is -2.35. The van der Waals surface area contributed by atoms with Crippen LogP contribution >= 0.6 is 12.4 Å². The van der Waals surface area contributed by atoms with Gasteiger partial charge in [-0.2, -0.15) is 4.31 Å². The zero-order chi connectivity index (χ0) is 19.6. The molecule has 0 spiro atoms. The number of carbonyl (C=O) groups is 1. The molecule has 0 radical (unpaired) electrons. The highest BCUT2D eigenvalue weighted by Gasteiger charge is 2.35. The first-order valence-corrected chi connectivity index (χ1v) is 9.78. The molecule has 2 aromatic rings. The van der Waals surface area contributed by atoms with Gasteiger partial charge in [-0.05, 0) is 35.9 Å². The van der Waals surface area contributed by atoms with Crippen LogP contribution in [-0.4, -0.2) is 38.3 Å². The molecule has 0 aliphatic carbocycles. The van der Waals surface area contributed by atoms with Gasteiger partial charge in [0.05, 0.1) is 16.6 Å². The number of sulfonamides is 1. The smallest absolute Gasteiger partial charge is 0.243 e. The summed E-state index contributed by atoms with van der Waals surface area (Å²) in [5.74, 6) is -1.69. The van der Waals surface area contributed by atoms with Gasteiger partial charge < -0.3 is 10.6 Å². The second-order valence-electron chi connectivity index (χ2n) is 6.21. The number of halogens is 3. The molecule has 1 unspecified atom stereocenters. The molecule has 2 aromatic carbocycles. The second kappa shape index (κ2) is 8.95. The van der Waals surface area contributed by atoms with E-state index in [4.69, 9.17) is 0 Å². The lowest BCUT2D eigenvalue weighted by molar-refractivity contribution is -0.114. The summed E-state index contributed by atoms with van der Waals surface area (Å²) in [6, 6.07) is 8.42. The Morgan fingerprint density at radius 3 is 2.64 bits per heavy atom. The van der Waals surface area contributed by atoms with Crippen molar-refractivity contribution in [2.24, 2.45) is 0 Å². The molecular weight excluding hydrogens is 412 g/mol. The van der Waals surface area contributed by atoms with E-state index in [1.165, 1.54) is 29.4 Å². The van der Waals surface area contributed by atoms with Gasteiger partial charge in [0.15, 0.2) is 0 Å². The van der Waals surface area contributed by atoms with Gasteiger partial charge >= 0.3 is 0 Å². The summed E-state index contributed by atoms with van der Waals surface area (Å²) in [7, 11) is -3.99. The van der Waals surface area contributed by atoms with Crippen molar-refractivity contribution in [3.63, 3.8) is 0 Å². The first-order chi connectivity index (χ1) is 12.8. The number of nitrogens with one attached hydrogen (secondary N) is 2. The number of rotatable bonds is 4. The third-order valence-electron chi connectivity index (χ3n) is 4.28. The maximum Gasteiger partial charge on any atom is 0.243 e. The summed E-state index contributed by atoms with van der Waals surface area (Å²) in [6.45, 7) is 2.14. The quantitative estimate of drug-likeness (QED) is 0.780. The fraction of sp³-hybridized carbons (Fsp3) is 0.278. The summed E-state index contributed by atoms with van der Waals surface area (Å²) in [5, 5.41) is 5.39. The van der Waals surface area contributed by atoms with Crippen LogP contribution in [0, 0.1) is 11.6 Å². The third kappa shape index (κ3) is 4.67. The van der Waals surface area contributed by atoms with E-state index in [0.717, 1.165) is 18.2 Å². The third-order valence-corrected chi connectivity index (χ3v) is 6.19. The zero-order valence-electron chi connectivity index (χ0n) is 15.0. The highest BCUT2D eigenvalue weighted by atomic mass is 35.5. The van der Waals surface area contributed by atoms with Gasteiger partial charge in [0.1, 0.15) is 11.6 Å². The van der Waals surface area contributed by atoms with Crippen molar-refractivity contribution in [2.45, 2.75) is 17.9 Å². The molecule has 28 heavy (non-hydrogen) atoms. The van der Waals surface area contributed by atoms with Crippen LogP contribution in [0.25, 0.3) is 0 Å². The molecule has 3 rings (SSSR count). The molecule has 1 heterocycles. The number of anilines is 1. The zero-order valence-corrected chi connectivity index (χ0v) is 16.6. The van der Waals surface area contributed by atoms with E-state index in [9.17, 15) is 22.0 Å². The Morgan fingerprint density at radius 2 is 1.96 bits per heavy atom. The molecule has 1 fully saturated rings. The molecule has 2 N–H and O–H groups in total. The molecule has 1 saturated heterocycles. The number of hydrogen-bond acceptors (Lipinski definition) is 4. The summed E-state index contributed by atoms with van der Waals surface area (Å²) in [6.07, 6.45) is 0. The number of nitrogens with zero attached hydrogens (tertiary/aromatic N) is 1. The van der Waals surface area contributed by atoms with Crippen molar-refractivity contribution < 1.29 is 22.0 Å². The summed E-state index contributed by atoms with van der Waals surface area (Å²) >= 11 is 0. The Labute approximate surface area is 168 Å². The largest absolute Gasteiger partial charge is 0.324 e. The topological polar surface area (TPSA) is 78.5 Å². The van der Waals surface area contributed by atoms with Crippen molar-refractivity contribution in [2.75, 3.05) is 25.0 Å². The van der Waals surface area contributed by atoms with E-state index < -0.39 is 33.6 Å². The van der Waals surface area contributed by atoms with Crippen LogP contribution in [0.1, 0.15) is 18.5 Å². The fourth-order valence-electron chi connectivity index (χ4n) is 3.06. The molecule has 10 heteroatoms. The van der Waals surface area contributed by atoms with Crippen LogP contribution in [-0.2, 0) is 14.8 Å². The van der Waals surface area contributed by atoms with Crippen molar-refractivity contribution in [1.82, 2.24) is 9.62 Å². The van der Waals surface area contributed by atoms with Gasteiger partial charge in [-0.3, -0.25) is 4.79 Å². The molecule has 1 aliphatic heterocycles. The Morgan fingerprint density at radius 1 is 1.21 bits per heavy atom. The molecule has 0 saturated carbocycles. The van der Waals surface area contributed by atoms with Crippen LogP contribution in [0.4, 0.5) is 14.5 Å². The highest BCUT2D eigenvalue weighted by molar-refractivity contribution is 7.89. The van der Waals surface area contributed by atoms with Gasteiger partial charge in [0.2, 0.25) is 15.9 Å². The Bertz CT molecular complexity index is 972. The fourth-order valence-corrected chi connectivity index (χ4v) is 4.70. The van der Waals surface area contributed by atoms with E-state index in [0.29, 0.717) is 18.7 Å². The molecule has 152 valence electrons. The van der Waals surface area contributed by atoms with Crippen molar-refractivity contribution in [3.8, 4) is 0 Å². The number of hydrogen-bond donors (Lipinski definition) is 2. The van der Waals surface area contributed by atoms with E-state index in [2.05, 4.69) is 10.6 Å². The maximum absolute atomic E-state index is 13.9. The van der Waals surface area contributed by atoms with Gasteiger partial charge in [-0.1, -0.05) is 12.1 Å². The van der Waals surface area contributed by atoms with Crippen LogP contribution < -0.4 is 10.6 Å². The van der Waals surface area contributed by atoms with Crippen molar-refractivity contribution in [1.29, 1.82) is 0 Å². The average Bonchev–Trinajstić information content (AvgIpc) is 2.63. The number of amides is 1. The SMILES string of the molecule is CC(=O)Nc1cc(S(=O)(=O)N2CCNCC2c2cccc(F)c2)ccc1F.Cl. The lowest BCUT2D eigenvalue weighted by atomic mass is 10.1. The molecule has 6 nitrogen and oxygen atoms in total. The molecule has 1 atom stereocenters. The van der Waals surface area contributed by atoms with Crippen molar-refractivity contribution in [3.05, 3.63) is 59.7 Å². The monoisotopic (exact) mass is 431 g/mol. The minimum atomic E-state index is -3.99. The molecular formula is C18H20ClF2N3O3S. The van der Waals surface area contributed by atoms with E-state index in [1.54, 1.807) is 6.07 Å². The first-order valence-electron chi connectivity index (χ1n) is 8.34. The van der Waals surface area contributed by atoms with Gasteiger partial charge in [0.25, 0.3) is 0 Å². The normalized spacial score (nSPS) is 17.6. The number of benzene rings is 2. The predicted molar refractivity (Wildman–Crippen MR) is 104 cm³/mol. The lowest BCUT2D eigenvalue weighted by Crippen LogP contribution is -2.48. The Hall–Kier alpha value is -2.07. The average molecular weight is 432 g/mol. The molecule has 1 aliphatic rings. The molecule has 0 aromatic heterocycles. The van der Waals surface area contributed by atoms with E-state index in [-0.39, 0.29) is 29.5 Å². The Balaban J connectivity index is 0.00000280. The minimum Gasteiger partial charge on any atom is -0.324 e. The van der Waals surface area contributed by atoms with E-state index in [1.807, 2.05) is 0 Å². The van der Waals surface area contributed by atoms with Gasteiger partial charge in [-0.25, -0.2) is 17.2 Å². The maximum atomic E-state index is 13.9. The summed E-state index contributed by atoms with van der Waals surface area (Å²) < 4.78 is 55.1. The van der Waals surface area contributed by atoms with Gasteiger partial charge in [-0.15, -0.1) is 12.4 Å². The predicted octanol–water partition coefficient (Wildman–Crippen LogP) is 2.68. The number of carbonyl (C=O) groups excluding carboxylic acids is 1. The number of piperazine rings is 1. The summed E-state index contributed by atoms with van der Waals surface area (Å²) in [4.78, 5) is 11.1. The van der Waals surface area contributed by atoms with Crippen LogP contribution in [0.5, 0.6) is 0 Å². The highest BCUT2D eigenvalue weighted by Crippen LogP contribution is 2.30. The molecule has 0 bridgehead atoms. The van der Waals surface area contributed by atoms with Crippen LogP contribution in [0.2, 0.25) is 0 Å². The summed E-state index contributed by atoms with van der Waals surface area (Å²) in [5.41, 5.74) is 0.316. The van der Waals surface area contributed by atoms with Crippen molar-refractivity contribution >= 4 is 34.0 Å². The molecule has 1 amide bonds. The van der Waals surface area contributed by atoms with Crippen LogP contribution in [0.3, 0.4) is 0 Å². The first kappa shape index (κ1) is 22.2. The standard InChI is InChI=1S/C18H19F2N3O3S.ClH/c1-12(24)22-17-10-15(5-6-16(17)20)27(25,26)23-8-7-21-11-18(23)13-3-2-4-14(19)9-13;/h2-6,9-10,18,21H,7-8,11H2,1H3,(H,22,24);1H. The minimum absolute atomic E-state index is 0. The van der Waals surface area contributed by atoms with Crippen LogP contribution in [0.15, 0.2) is 47.4 Å².